The van der Waals surface area contributed by atoms with Gasteiger partial charge >= 0.3 is 0 Å². The van der Waals surface area contributed by atoms with Crippen molar-refractivity contribution in [3.63, 3.8) is 0 Å². The summed E-state index contributed by atoms with van der Waals surface area (Å²) < 4.78 is 6.21. The van der Waals surface area contributed by atoms with E-state index in [1.807, 2.05) is 11.4 Å². The van der Waals surface area contributed by atoms with E-state index in [0.29, 0.717) is 11.7 Å². The minimum Gasteiger partial charge on any atom is -0.339 e. The van der Waals surface area contributed by atoms with Crippen LogP contribution >= 0.6 is 27.3 Å². The summed E-state index contributed by atoms with van der Waals surface area (Å²) in [5.41, 5.74) is 0. The summed E-state index contributed by atoms with van der Waals surface area (Å²) in [5.74, 6) is 1.35. The molecule has 4 nitrogen and oxygen atoms in total. The Morgan fingerprint density at radius 3 is 3.12 bits per heavy atom. The van der Waals surface area contributed by atoms with Gasteiger partial charge in [0.15, 0.2) is 0 Å². The first kappa shape index (κ1) is 11.8. The third-order valence-electron chi connectivity index (χ3n) is 2.02. The Hall–Kier alpha value is -0.720. The van der Waals surface area contributed by atoms with Crippen molar-refractivity contribution in [1.82, 2.24) is 15.5 Å². The maximum Gasteiger partial charge on any atom is 0.228 e. The van der Waals surface area contributed by atoms with E-state index >= 15 is 0 Å². The fourth-order valence-corrected chi connectivity index (χ4v) is 2.61. The van der Waals surface area contributed by atoms with Gasteiger partial charge in [-0.3, -0.25) is 0 Å². The van der Waals surface area contributed by atoms with Crippen molar-refractivity contribution >= 4 is 27.3 Å². The van der Waals surface area contributed by atoms with Crippen LogP contribution in [-0.2, 0) is 6.42 Å². The molecule has 0 saturated heterocycles. The molecular formula is C10H12BrN3OS. The van der Waals surface area contributed by atoms with E-state index in [-0.39, 0.29) is 0 Å². The maximum absolute atomic E-state index is 5.17. The number of hydrogen-bond acceptors (Lipinski definition) is 5. The molecule has 0 saturated carbocycles. The third-order valence-corrected chi connectivity index (χ3v) is 3.71. The molecule has 0 aliphatic carbocycles. The molecule has 0 atom stereocenters. The molecule has 6 heteroatoms. The zero-order chi connectivity index (χ0) is 11.4. The fourth-order valence-electron chi connectivity index (χ4n) is 1.26. The van der Waals surface area contributed by atoms with Gasteiger partial charge in [0, 0.05) is 22.8 Å². The molecular weight excluding hydrogens is 290 g/mol. The van der Waals surface area contributed by atoms with Gasteiger partial charge in [-0.1, -0.05) is 12.1 Å². The molecule has 0 aliphatic heterocycles. The van der Waals surface area contributed by atoms with Gasteiger partial charge in [-0.2, -0.15) is 4.98 Å². The average molecular weight is 302 g/mol. The average Bonchev–Trinajstić information content (AvgIpc) is 2.87. The second-order valence-electron chi connectivity index (χ2n) is 3.24. The molecule has 0 spiro atoms. The van der Waals surface area contributed by atoms with Gasteiger partial charge in [0.05, 0.1) is 4.88 Å². The molecule has 0 bridgehead atoms. The van der Waals surface area contributed by atoms with Crippen LogP contribution in [0.2, 0.25) is 0 Å². The zero-order valence-electron chi connectivity index (χ0n) is 8.86. The smallest absolute Gasteiger partial charge is 0.228 e. The summed E-state index contributed by atoms with van der Waals surface area (Å²) in [4.78, 5) is 5.36. The summed E-state index contributed by atoms with van der Waals surface area (Å²) in [6, 6.07) is 1.99. The maximum atomic E-state index is 5.17. The van der Waals surface area contributed by atoms with Crippen LogP contribution in [0.1, 0.15) is 12.8 Å². The van der Waals surface area contributed by atoms with E-state index in [2.05, 4.69) is 38.3 Å². The third kappa shape index (κ3) is 2.90. The van der Waals surface area contributed by atoms with Crippen LogP contribution in [0.4, 0.5) is 0 Å². The van der Waals surface area contributed by atoms with E-state index in [0.717, 1.165) is 28.9 Å². The zero-order valence-corrected chi connectivity index (χ0v) is 11.3. The molecule has 0 aliphatic rings. The van der Waals surface area contributed by atoms with Gasteiger partial charge in [-0.05, 0) is 28.5 Å². The Balaban J connectivity index is 2.02. The van der Waals surface area contributed by atoms with Gasteiger partial charge < -0.3 is 9.84 Å². The number of nitrogens with one attached hydrogen (secondary N) is 1. The summed E-state index contributed by atoms with van der Waals surface area (Å²) in [6.45, 7) is 3.90. The highest BCUT2D eigenvalue weighted by atomic mass is 79.9. The predicted octanol–water partition coefficient (Wildman–Crippen LogP) is 2.71. The van der Waals surface area contributed by atoms with Gasteiger partial charge in [0.2, 0.25) is 11.7 Å². The first-order chi connectivity index (χ1) is 7.79. The van der Waals surface area contributed by atoms with E-state index in [4.69, 9.17) is 4.52 Å². The Morgan fingerprint density at radius 2 is 2.44 bits per heavy atom. The van der Waals surface area contributed by atoms with Crippen LogP contribution in [0.25, 0.3) is 10.7 Å². The Labute approximate surface area is 106 Å². The van der Waals surface area contributed by atoms with Crippen molar-refractivity contribution in [3.05, 3.63) is 21.8 Å². The number of nitrogens with zero attached hydrogens (tertiary/aromatic N) is 2. The Morgan fingerprint density at radius 1 is 1.56 bits per heavy atom. The molecule has 2 aromatic rings. The Kier molecular flexibility index (Phi) is 4.09. The minimum atomic E-state index is 0.669. The normalized spacial score (nSPS) is 10.9. The summed E-state index contributed by atoms with van der Waals surface area (Å²) in [6.07, 6.45) is 0.771. The van der Waals surface area contributed by atoms with Crippen molar-refractivity contribution in [1.29, 1.82) is 0 Å². The molecule has 0 amide bonds. The second kappa shape index (κ2) is 5.56. The van der Waals surface area contributed by atoms with Crippen molar-refractivity contribution in [2.75, 3.05) is 13.1 Å². The van der Waals surface area contributed by atoms with Crippen LogP contribution in [0, 0.1) is 0 Å². The molecule has 1 N–H and O–H groups in total. The molecule has 0 unspecified atom stereocenters. The fraction of sp³-hybridized carbons (Fsp3) is 0.400. The van der Waals surface area contributed by atoms with Crippen molar-refractivity contribution in [2.45, 2.75) is 13.3 Å². The van der Waals surface area contributed by atoms with E-state index < -0.39 is 0 Å². The van der Waals surface area contributed by atoms with E-state index in [1.54, 1.807) is 11.3 Å². The van der Waals surface area contributed by atoms with E-state index in [9.17, 15) is 0 Å². The first-order valence-corrected chi connectivity index (χ1v) is 6.74. The van der Waals surface area contributed by atoms with Crippen LogP contribution < -0.4 is 5.32 Å². The SMILES string of the molecule is CCNCCc1nc(-c2cc(Br)cs2)no1. The molecule has 2 aromatic heterocycles. The number of thiophene rings is 1. The van der Waals surface area contributed by atoms with Crippen LogP contribution in [0.3, 0.4) is 0 Å². The number of halogens is 1. The predicted molar refractivity (Wildman–Crippen MR) is 67.6 cm³/mol. The minimum absolute atomic E-state index is 0.669. The van der Waals surface area contributed by atoms with Crippen molar-refractivity contribution < 1.29 is 4.52 Å². The summed E-state index contributed by atoms with van der Waals surface area (Å²) >= 11 is 5.00. The van der Waals surface area contributed by atoms with E-state index in [1.165, 1.54) is 0 Å². The number of hydrogen-bond donors (Lipinski definition) is 1. The lowest BCUT2D eigenvalue weighted by Gasteiger charge is -1.94. The molecule has 0 aromatic carbocycles. The number of rotatable bonds is 5. The lowest BCUT2D eigenvalue weighted by atomic mass is 10.4. The number of aromatic nitrogens is 2. The van der Waals surface area contributed by atoms with Gasteiger partial charge in [-0.25, -0.2) is 0 Å². The quantitative estimate of drug-likeness (QED) is 0.863. The van der Waals surface area contributed by atoms with Crippen LogP contribution in [0.15, 0.2) is 20.4 Å². The van der Waals surface area contributed by atoms with Crippen LogP contribution in [-0.4, -0.2) is 23.2 Å². The lowest BCUT2D eigenvalue weighted by Crippen LogP contribution is -2.16. The first-order valence-electron chi connectivity index (χ1n) is 5.07. The topological polar surface area (TPSA) is 51.0 Å². The highest BCUT2D eigenvalue weighted by molar-refractivity contribution is 9.10. The van der Waals surface area contributed by atoms with Crippen molar-refractivity contribution in [3.8, 4) is 10.7 Å². The summed E-state index contributed by atoms with van der Waals surface area (Å²) in [7, 11) is 0. The van der Waals surface area contributed by atoms with Crippen LogP contribution in [0.5, 0.6) is 0 Å². The highest BCUT2D eigenvalue weighted by Crippen LogP contribution is 2.27. The van der Waals surface area contributed by atoms with Gasteiger partial charge in [-0.15, -0.1) is 11.3 Å². The monoisotopic (exact) mass is 301 g/mol. The van der Waals surface area contributed by atoms with Crippen molar-refractivity contribution in [2.24, 2.45) is 0 Å². The molecule has 16 heavy (non-hydrogen) atoms. The van der Waals surface area contributed by atoms with Gasteiger partial charge in [0.1, 0.15) is 0 Å². The summed E-state index contributed by atoms with van der Waals surface area (Å²) in [5, 5.41) is 9.18. The second-order valence-corrected chi connectivity index (χ2v) is 5.07. The van der Waals surface area contributed by atoms with Gasteiger partial charge in [0.25, 0.3) is 0 Å². The Bertz CT molecular complexity index is 454. The molecule has 2 rings (SSSR count). The molecule has 86 valence electrons. The molecule has 0 radical (unpaired) electrons. The standard InChI is InChI=1S/C10H12BrN3OS/c1-2-12-4-3-9-13-10(14-15-9)8-5-7(11)6-16-8/h5-6,12H,2-4H2,1H3. The molecule has 2 heterocycles. The lowest BCUT2D eigenvalue weighted by molar-refractivity contribution is 0.377. The number of likely N-dealkylation sites (N-methyl/N-ethyl adjacent to an activating group) is 1. The largest absolute Gasteiger partial charge is 0.339 e. The molecule has 0 fully saturated rings. The highest BCUT2D eigenvalue weighted by Gasteiger charge is 2.09.